The van der Waals surface area contributed by atoms with Crippen molar-refractivity contribution < 1.29 is 14.3 Å². The molecule has 1 heterocycles. The van der Waals surface area contributed by atoms with Gasteiger partial charge in [0.05, 0.1) is 0 Å². The molecule has 104 valence electrons. The number of esters is 1. The fourth-order valence-electron chi connectivity index (χ4n) is 1.51. The standard InChI is InChI=1S/C14H13ClN2O3/c1-9(20-14(19)12-3-2-8-16-12)13(18)17-11-6-4-10(15)5-7-11/h2-9,16H,1H3,(H,17,18)/t9-/m1/s1. The number of aromatic amines is 1. The summed E-state index contributed by atoms with van der Waals surface area (Å²) in [5, 5.41) is 3.21. The zero-order chi connectivity index (χ0) is 14.5. The lowest BCUT2D eigenvalue weighted by Crippen LogP contribution is -2.30. The van der Waals surface area contributed by atoms with Gasteiger partial charge in [0.2, 0.25) is 0 Å². The summed E-state index contributed by atoms with van der Waals surface area (Å²) in [6.45, 7) is 1.51. The Balaban J connectivity index is 1.92. The molecule has 0 radical (unpaired) electrons. The Morgan fingerprint density at radius 3 is 2.55 bits per heavy atom. The van der Waals surface area contributed by atoms with Gasteiger partial charge in [0, 0.05) is 16.9 Å². The Bertz CT molecular complexity index is 593. The largest absolute Gasteiger partial charge is 0.448 e. The second-order valence-corrected chi connectivity index (χ2v) is 4.56. The van der Waals surface area contributed by atoms with Gasteiger partial charge >= 0.3 is 5.97 Å². The molecule has 0 spiro atoms. The van der Waals surface area contributed by atoms with Gasteiger partial charge in [-0.1, -0.05) is 11.6 Å². The van der Waals surface area contributed by atoms with E-state index < -0.39 is 18.0 Å². The minimum Gasteiger partial charge on any atom is -0.448 e. The van der Waals surface area contributed by atoms with Gasteiger partial charge in [0.25, 0.3) is 5.91 Å². The van der Waals surface area contributed by atoms with Crippen LogP contribution in [-0.2, 0) is 9.53 Å². The summed E-state index contributed by atoms with van der Waals surface area (Å²) in [5.74, 6) is -0.985. The molecule has 0 saturated carbocycles. The van der Waals surface area contributed by atoms with Crippen LogP contribution in [0.2, 0.25) is 5.02 Å². The number of hydrogen-bond donors (Lipinski definition) is 2. The molecule has 0 fully saturated rings. The van der Waals surface area contributed by atoms with Gasteiger partial charge in [0.1, 0.15) is 5.69 Å². The van der Waals surface area contributed by atoms with Crippen LogP contribution >= 0.6 is 11.6 Å². The Hall–Kier alpha value is -2.27. The summed E-state index contributed by atoms with van der Waals surface area (Å²) in [7, 11) is 0. The Morgan fingerprint density at radius 2 is 1.95 bits per heavy atom. The third-order valence-electron chi connectivity index (χ3n) is 2.58. The summed E-state index contributed by atoms with van der Waals surface area (Å²) in [5.41, 5.74) is 0.887. The molecule has 1 amide bonds. The molecule has 1 aromatic heterocycles. The molecule has 2 N–H and O–H groups in total. The average molecular weight is 293 g/mol. The highest BCUT2D eigenvalue weighted by Gasteiger charge is 2.19. The van der Waals surface area contributed by atoms with Crippen molar-refractivity contribution in [3.05, 3.63) is 53.3 Å². The minimum absolute atomic E-state index is 0.302. The normalized spacial score (nSPS) is 11.7. The second-order valence-electron chi connectivity index (χ2n) is 4.13. The van der Waals surface area contributed by atoms with Crippen molar-refractivity contribution >= 4 is 29.2 Å². The maximum absolute atomic E-state index is 11.9. The Kier molecular flexibility index (Phi) is 4.42. The lowest BCUT2D eigenvalue weighted by atomic mass is 10.3. The molecule has 0 aliphatic heterocycles. The zero-order valence-electron chi connectivity index (χ0n) is 10.7. The molecule has 1 aromatic carbocycles. The molecule has 5 nitrogen and oxygen atoms in total. The summed E-state index contributed by atoms with van der Waals surface area (Å²) < 4.78 is 5.04. The van der Waals surface area contributed by atoms with Crippen LogP contribution in [0, 0.1) is 0 Å². The van der Waals surface area contributed by atoms with E-state index in [1.165, 1.54) is 6.92 Å². The topological polar surface area (TPSA) is 71.2 Å². The molecule has 0 aliphatic rings. The fourth-order valence-corrected chi connectivity index (χ4v) is 1.64. The number of amides is 1. The molecule has 1 atom stereocenters. The number of rotatable bonds is 4. The number of H-pyrrole nitrogens is 1. The number of ether oxygens (including phenoxy) is 1. The number of nitrogens with one attached hydrogen (secondary N) is 2. The molecule has 0 unspecified atom stereocenters. The highest BCUT2D eigenvalue weighted by molar-refractivity contribution is 6.30. The van der Waals surface area contributed by atoms with E-state index in [0.29, 0.717) is 16.4 Å². The predicted molar refractivity (Wildman–Crippen MR) is 75.8 cm³/mol. The van der Waals surface area contributed by atoms with Gasteiger partial charge in [0.15, 0.2) is 6.10 Å². The van der Waals surface area contributed by atoms with Crippen LogP contribution in [0.1, 0.15) is 17.4 Å². The van der Waals surface area contributed by atoms with Crippen LogP contribution in [0.25, 0.3) is 0 Å². The van der Waals surface area contributed by atoms with Crippen LogP contribution in [0.3, 0.4) is 0 Å². The monoisotopic (exact) mass is 292 g/mol. The summed E-state index contributed by atoms with van der Waals surface area (Å²) >= 11 is 5.75. The average Bonchev–Trinajstić information content (AvgIpc) is 2.95. The third-order valence-corrected chi connectivity index (χ3v) is 2.83. The van der Waals surface area contributed by atoms with Crippen LogP contribution in [0.5, 0.6) is 0 Å². The van der Waals surface area contributed by atoms with Crippen molar-refractivity contribution in [2.45, 2.75) is 13.0 Å². The Labute approximate surface area is 120 Å². The number of halogens is 1. The van der Waals surface area contributed by atoms with E-state index in [0.717, 1.165) is 0 Å². The molecule has 6 heteroatoms. The smallest absolute Gasteiger partial charge is 0.355 e. The van der Waals surface area contributed by atoms with Gasteiger partial charge in [-0.3, -0.25) is 4.79 Å². The van der Waals surface area contributed by atoms with Gasteiger partial charge in [-0.15, -0.1) is 0 Å². The maximum atomic E-state index is 11.9. The van der Waals surface area contributed by atoms with Crippen molar-refractivity contribution in [2.24, 2.45) is 0 Å². The number of carbonyl (C=O) groups is 2. The molecule has 0 saturated heterocycles. The molecule has 20 heavy (non-hydrogen) atoms. The minimum atomic E-state index is -0.901. The van der Waals surface area contributed by atoms with E-state index in [2.05, 4.69) is 10.3 Å². The first-order valence-electron chi connectivity index (χ1n) is 5.97. The first-order chi connectivity index (χ1) is 9.56. The van der Waals surface area contributed by atoms with E-state index >= 15 is 0 Å². The van der Waals surface area contributed by atoms with Crippen molar-refractivity contribution in [2.75, 3.05) is 5.32 Å². The molecule has 0 aliphatic carbocycles. The zero-order valence-corrected chi connectivity index (χ0v) is 11.5. The highest BCUT2D eigenvalue weighted by atomic mass is 35.5. The number of anilines is 1. The Morgan fingerprint density at radius 1 is 1.25 bits per heavy atom. The van der Waals surface area contributed by atoms with E-state index in [9.17, 15) is 9.59 Å². The second kappa shape index (κ2) is 6.25. The van der Waals surface area contributed by atoms with Crippen molar-refractivity contribution in [3.8, 4) is 0 Å². The van der Waals surface area contributed by atoms with Gasteiger partial charge in [-0.2, -0.15) is 0 Å². The predicted octanol–water partition coefficient (Wildman–Crippen LogP) is 2.85. The van der Waals surface area contributed by atoms with Crippen LogP contribution < -0.4 is 5.32 Å². The van der Waals surface area contributed by atoms with Gasteiger partial charge in [-0.25, -0.2) is 4.79 Å². The van der Waals surface area contributed by atoms with E-state index in [1.54, 1.807) is 42.6 Å². The summed E-state index contributed by atoms with van der Waals surface area (Å²) in [6, 6.07) is 9.90. The van der Waals surface area contributed by atoms with Crippen LogP contribution in [-0.4, -0.2) is 23.0 Å². The SMILES string of the molecule is C[C@@H](OC(=O)c1ccc[nH]1)C(=O)Nc1ccc(Cl)cc1. The molecular formula is C14H13ClN2O3. The first-order valence-corrected chi connectivity index (χ1v) is 6.35. The van der Waals surface area contributed by atoms with Crippen molar-refractivity contribution in [1.82, 2.24) is 4.98 Å². The first kappa shape index (κ1) is 14.1. The van der Waals surface area contributed by atoms with Crippen LogP contribution in [0.4, 0.5) is 5.69 Å². The third kappa shape index (κ3) is 3.61. The lowest BCUT2D eigenvalue weighted by Gasteiger charge is -2.13. The quantitative estimate of drug-likeness (QED) is 0.851. The maximum Gasteiger partial charge on any atom is 0.355 e. The number of hydrogen-bond acceptors (Lipinski definition) is 3. The lowest BCUT2D eigenvalue weighted by molar-refractivity contribution is -0.123. The molecule has 2 rings (SSSR count). The van der Waals surface area contributed by atoms with Crippen LogP contribution in [0.15, 0.2) is 42.6 Å². The van der Waals surface area contributed by atoms with E-state index in [-0.39, 0.29) is 0 Å². The van der Waals surface area contributed by atoms with Crippen molar-refractivity contribution in [1.29, 1.82) is 0 Å². The number of aromatic nitrogens is 1. The summed E-state index contributed by atoms with van der Waals surface area (Å²) in [6.07, 6.45) is 0.705. The molecular weight excluding hydrogens is 280 g/mol. The van der Waals surface area contributed by atoms with Crippen molar-refractivity contribution in [3.63, 3.8) is 0 Å². The molecule has 2 aromatic rings. The molecule has 0 bridgehead atoms. The number of benzene rings is 1. The van der Waals surface area contributed by atoms with Gasteiger partial charge < -0.3 is 15.0 Å². The number of carbonyl (C=O) groups excluding carboxylic acids is 2. The summed E-state index contributed by atoms with van der Waals surface area (Å²) in [4.78, 5) is 26.3. The van der Waals surface area contributed by atoms with Gasteiger partial charge in [-0.05, 0) is 43.3 Å². The van der Waals surface area contributed by atoms with E-state index in [1.807, 2.05) is 0 Å². The van der Waals surface area contributed by atoms with E-state index in [4.69, 9.17) is 16.3 Å². The fraction of sp³-hybridized carbons (Fsp3) is 0.143. The highest BCUT2D eigenvalue weighted by Crippen LogP contribution is 2.14.